The molecule has 2 rings (SSSR count). The Kier molecular flexibility index (Phi) is 3.78. The molecule has 2 nitrogen and oxygen atoms in total. The molecule has 1 fully saturated rings. The van der Waals surface area contributed by atoms with Crippen LogP contribution in [-0.4, -0.2) is 12.4 Å². The van der Waals surface area contributed by atoms with Crippen LogP contribution in [0, 0.1) is 5.92 Å². The second kappa shape index (κ2) is 5.31. The summed E-state index contributed by atoms with van der Waals surface area (Å²) < 4.78 is 0. The SMILES string of the molecule is NC(=NCCc1ccsc1)C1CCCC1. The van der Waals surface area contributed by atoms with Gasteiger partial charge in [0, 0.05) is 12.5 Å². The molecule has 1 aliphatic rings. The number of hydrogen-bond acceptors (Lipinski definition) is 2. The van der Waals surface area contributed by atoms with E-state index in [4.69, 9.17) is 5.73 Å². The molecule has 0 aliphatic heterocycles. The summed E-state index contributed by atoms with van der Waals surface area (Å²) in [5, 5.41) is 4.29. The lowest BCUT2D eigenvalue weighted by atomic mass is 10.1. The standard InChI is InChI=1S/C12H18N2S/c13-12(11-3-1-2-4-11)14-7-5-10-6-8-15-9-10/h6,8-9,11H,1-5,7H2,(H2,13,14). The normalized spacial score (nSPS) is 18.5. The Balaban J connectivity index is 1.78. The topological polar surface area (TPSA) is 38.4 Å². The van der Waals surface area contributed by atoms with Gasteiger partial charge in [-0.05, 0) is 41.7 Å². The minimum absolute atomic E-state index is 0.576. The van der Waals surface area contributed by atoms with Gasteiger partial charge in [0.25, 0.3) is 0 Å². The zero-order chi connectivity index (χ0) is 10.5. The smallest absolute Gasteiger partial charge is 0.0968 e. The lowest BCUT2D eigenvalue weighted by molar-refractivity contribution is 0.715. The molecule has 0 aromatic carbocycles. The number of rotatable bonds is 4. The van der Waals surface area contributed by atoms with E-state index in [9.17, 15) is 0 Å². The number of nitrogens with zero attached hydrogens (tertiary/aromatic N) is 1. The molecule has 1 aromatic rings. The second-order valence-corrected chi connectivity index (χ2v) is 4.95. The van der Waals surface area contributed by atoms with Crippen LogP contribution in [0.2, 0.25) is 0 Å². The molecule has 2 N–H and O–H groups in total. The number of thiophene rings is 1. The summed E-state index contributed by atoms with van der Waals surface area (Å²) in [6, 6.07) is 2.16. The van der Waals surface area contributed by atoms with E-state index in [1.807, 2.05) is 0 Å². The predicted octanol–water partition coefficient (Wildman–Crippen LogP) is 2.84. The van der Waals surface area contributed by atoms with Gasteiger partial charge in [0.15, 0.2) is 0 Å². The monoisotopic (exact) mass is 222 g/mol. The average Bonchev–Trinajstić information content (AvgIpc) is 2.90. The lowest BCUT2D eigenvalue weighted by Gasteiger charge is -2.07. The van der Waals surface area contributed by atoms with Gasteiger partial charge < -0.3 is 5.73 Å². The van der Waals surface area contributed by atoms with Gasteiger partial charge >= 0.3 is 0 Å². The first-order valence-corrected chi connectivity index (χ1v) is 6.61. The first kappa shape index (κ1) is 10.7. The first-order valence-electron chi connectivity index (χ1n) is 5.67. The molecule has 1 aliphatic carbocycles. The Morgan fingerprint density at radius 2 is 2.27 bits per heavy atom. The second-order valence-electron chi connectivity index (χ2n) is 4.17. The molecule has 82 valence electrons. The molecular formula is C12H18N2S. The Bertz CT molecular complexity index is 310. The van der Waals surface area contributed by atoms with Crippen molar-refractivity contribution in [2.75, 3.05) is 6.54 Å². The molecule has 0 saturated heterocycles. The van der Waals surface area contributed by atoms with Crippen LogP contribution in [-0.2, 0) is 6.42 Å². The third-order valence-electron chi connectivity index (χ3n) is 3.05. The van der Waals surface area contributed by atoms with Crippen molar-refractivity contribution in [1.82, 2.24) is 0 Å². The van der Waals surface area contributed by atoms with Crippen molar-refractivity contribution < 1.29 is 0 Å². The summed E-state index contributed by atoms with van der Waals surface area (Å²) in [5.74, 6) is 1.47. The molecule has 15 heavy (non-hydrogen) atoms. The van der Waals surface area contributed by atoms with Crippen LogP contribution in [0.25, 0.3) is 0 Å². The molecule has 0 unspecified atom stereocenters. The van der Waals surface area contributed by atoms with Crippen LogP contribution < -0.4 is 5.73 Å². The van der Waals surface area contributed by atoms with Crippen molar-refractivity contribution >= 4 is 17.2 Å². The van der Waals surface area contributed by atoms with Gasteiger partial charge in [0.1, 0.15) is 0 Å². The van der Waals surface area contributed by atoms with Gasteiger partial charge in [0.05, 0.1) is 5.84 Å². The van der Waals surface area contributed by atoms with Crippen LogP contribution >= 0.6 is 11.3 Å². The fraction of sp³-hybridized carbons (Fsp3) is 0.583. The lowest BCUT2D eigenvalue weighted by Crippen LogP contribution is -2.21. The molecule has 0 atom stereocenters. The van der Waals surface area contributed by atoms with Gasteiger partial charge in [-0.3, -0.25) is 4.99 Å². The van der Waals surface area contributed by atoms with E-state index >= 15 is 0 Å². The largest absolute Gasteiger partial charge is 0.387 e. The molecule has 0 radical (unpaired) electrons. The van der Waals surface area contributed by atoms with E-state index in [0.717, 1.165) is 18.8 Å². The number of aliphatic imine (C=N–C) groups is 1. The predicted molar refractivity (Wildman–Crippen MR) is 66.5 cm³/mol. The number of nitrogens with two attached hydrogens (primary N) is 1. The fourth-order valence-electron chi connectivity index (χ4n) is 2.10. The summed E-state index contributed by atoms with van der Waals surface area (Å²) in [4.78, 5) is 4.48. The molecule has 1 saturated carbocycles. The zero-order valence-electron chi connectivity index (χ0n) is 8.98. The van der Waals surface area contributed by atoms with Crippen molar-refractivity contribution in [3.63, 3.8) is 0 Å². The highest BCUT2D eigenvalue weighted by atomic mass is 32.1. The minimum Gasteiger partial charge on any atom is -0.387 e. The van der Waals surface area contributed by atoms with Crippen molar-refractivity contribution in [2.45, 2.75) is 32.1 Å². The van der Waals surface area contributed by atoms with Gasteiger partial charge in [-0.2, -0.15) is 11.3 Å². The Hall–Kier alpha value is -0.830. The Morgan fingerprint density at radius 1 is 1.47 bits per heavy atom. The average molecular weight is 222 g/mol. The summed E-state index contributed by atoms with van der Waals surface area (Å²) in [5.41, 5.74) is 7.35. The van der Waals surface area contributed by atoms with Crippen molar-refractivity contribution in [3.05, 3.63) is 22.4 Å². The van der Waals surface area contributed by atoms with Crippen LogP contribution in [0.4, 0.5) is 0 Å². The highest BCUT2D eigenvalue weighted by Gasteiger charge is 2.17. The maximum atomic E-state index is 5.97. The maximum absolute atomic E-state index is 5.97. The Labute approximate surface area is 95.2 Å². The molecule has 0 bridgehead atoms. The number of hydrogen-bond donors (Lipinski definition) is 1. The summed E-state index contributed by atoms with van der Waals surface area (Å²) in [6.45, 7) is 0.846. The van der Waals surface area contributed by atoms with Crippen molar-refractivity contribution in [2.24, 2.45) is 16.6 Å². The van der Waals surface area contributed by atoms with E-state index in [1.54, 1.807) is 11.3 Å². The van der Waals surface area contributed by atoms with E-state index in [2.05, 4.69) is 21.8 Å². The van der Waals surface area contributed by atoms with Crippen LogP contribution in [0.1, 0.15) is 31.2 Å². The Morgan fingerprint density at radius 3 is 2.93 bits per heavy atom. The van der Waals surface area contributed by atoms with Crippen molar-refractivity contribution in [3.8, 4) is 0 Å². The highest BCUT2D eigenvalue weighted by Crippen LogP contribution is 2.24. The van der Waals surface area contributed by atoms with E-state index in [0.29, 0.717) is 5.92 Å². The minimum atomic E-state index is 0.576. The van der Waals surface area contributed by atoms with Crippen LogP contribution in [0.15, 0.2) is 21.8 Å². The van der Waals surface area contributed by atoms with Crippen molar-refractivity contribution in [1.29, 1.82) is 0 Å². The van der Waals surface area contributed by atoms with Crippen LogP contribution in [0.5, 0.6) is 0 Å². The molecule has 1 heterocycles. The highest BCUT2D eigenvalue weighted by molar-refractivity contribution is 7.07. The summed E-state index contributed by atoms with van der Waals surface area (Å²) in [7, 11) is 0. The third kappa shape index (κ3) is 3.06. The van der Waals surface area contributed by atoms with E-state index in [-0.39, 0.29) is 0 Å². The first-order chi connectivity index (χ1) is 7.36. The molecule has 0 spiro atoms. The van der Waals surface area contributed by atoms with Gasteiger partial charge in [-0.15, -0.1) is 0 Å². The maximum Gasteiger partial charge on any atom is 0.0968 e. The number of amidine groups is 1. The summed E-state index contributed by atoms with van der Waals surface area (Å²) >= 11 is 1.74. The van der Waals surface area contributed by atoms with Crippen LogP contribution in [0.3, 0.4) is 0 Å². The third-order valence-corrected chi connectivity index (χ3v) is 3.78. The molecule has 0 amide bonds. The van der Waals surface area contributed by atoms with Gasteiger partial charge in [-0.25, -0.2) is 0 Å². The van der Waals surface area contributed by atoms with E-state index < -0.39 is 0 Å². The molecular weight excluding hydrogens is 204 g/mol. The molecule has 1 aromatic heterocycles. The van der Waals surface area contributed by atoms with Gasteiger partial charge in [-0.1, -0.05) is 12.8 Å². The van der Waals surface area contributed by atoms with E-state index in [1.165, 1.54) is 31.2 Å². The molecule has 3 heteroatoms. The fourth-order valence-corrected chi connectivity index (χ4v) is 2.80. The quantitative estimate of drug-likeness (QED) is 0.617. The summed E-state index contributed by atoms with van der Waals surface area (Å²) in [6.07, 6.45) is 6.16. The van der Waals surface area contributed by atoms with Gasteiger partial charge in [0.2, 0.25) is 0 Å². The zero-order valence-corrected chi connectivity index (χ0v) is 9.80.